The highest BCUT2D eigenvalue weighted by Crippen LogP contribution is 2.26. The lowest BCUT2D eigenvalue weighted by Gasteiger charge is -2.13. The molecule has 2 amide bonds. The second-order valence-electron chi connectivity index (χ2n) is 13.4. The van der Waals surface area contributed by atoms with E-state index >= 15 is 0 Å². The number of aldehydes is 1. The highest BCUT2D eigenvalue weighted by molar-refractivity contribution is 6.04. The number of methoxy groups -OCH3 is 1. The molecule has 0 saturated carbocycles. The molecule has 55 heavy (non-hydrogen) atoms. The van der Waals surface area contributed by atoms with Crippen LogP contribution in [-0.2, 0) is 37.3 Å². The Morgan fingerprint density at radius 3 is 2.09 bits per heavy atom. The van der Waals surface area contributed by atoms with E-state index in [9.17, 15) is 19.2 Å². The molecule has 2 aromatic carbocycles. The van der Waals surface area contributed by atoms with E-state index in [2.05, 4.69) is 30.4 Å². The third-order valence-corrected chi connectivity index (χ3v) is 9.78. The van der Waals surface area contributed by atoms with Gasteiger partial charge in [0.25, 0.3) is 5.91 Å². The van der Waals surface area contributed by atoms with Gasteiger partial charge in [-0.25, -0.2) is 14.8 Å². The summed E-state index contributed by atoms with van der Waals surface area (Å²) in [5, 5.41) is 15.3. The number of anilines is 2. The number of hydrogen-bond donors (Lipinski definition) is 3. The van der Waals surface area contributed by atoms with Crippen LogP contribution in [0.3, 0.4) is 0 Å². The molecule has 4 N–H and O–H groups in total. The molecular formula is C39H47N11O5. The molecule has 0 saturated heterocycles. The minimum atomic E-state index is -0.565. The van der Waals surface area contributed by atoms with Crippen LogP contribution in [0.2, 0.25) is 0 Å². The fraction of sp³-hybridized carbons (Fsp3) is 0.385. The number of imidazole rings is 2. The molecule has 288 valence electrons. The predicted octanol–water partition coefficient (Wildman–Crippen LogP) is 5.30. The predicted molar refractivity (Wildman–Crippen MR) is 209 cm³/mol. The van der Waals surface area contributed by atoms with Crippen LogP contribution in [0.5, 0.6) is 0 Å². The number of carbonyl (C=O) groups is 4. The van der Waals surface area contributed by atoms with Gasteiger partial charge in [-0.3, -0.25) is 29.1 Å². The average Bonchev–Trinajstić information content (AvgIpc) is 3.92. The number of ether oxygens (including phenoxy) is 1. The van der Waals surface area contributed by atoms with Crippen molar-refractivity contribution in [1.29, 1.82) is 0 Å². The van der Waals surface area contributed by atoms with Crippen LogP contribution in [0.15, 0.2) is 42.5 Å². The zero-order valence-electron chi connectivity index (χ0n) is 31.9. The Morgan fingerprint density at radius 1 is 0.818 bits per heavy atom. The van der Waals surface area contributed by atoms with Crippen molar-refractivity contribution in [1.82, 2.24) is 38.7 Å². The van der Waals surface area contributed by atoms with Crippen LogP contribution in [0, 0.1) is 13.8 Å². The number of fused-ring (bicyclic) bond motifs is 2. The summed E-state index contributed by atoms with van der Waals surface area (Å²) >= 11 is 0. The lowest BCUT2D eigenvalue weighted by molar-refractivity contribution is 0.0600. The van der Waals surface area contributed by atoms with Crippen LogP contribution in [-0.4, -0.2) is 76.9 Å². The maximum atomic E-state index is 14.2. The minimum absolute atomic E-state index is 0.318. The van der Waals surface area contributed by atoms with Crippen LogP contribution in [0.4, 0.5) is 11.9 Å². The smallest absolute Gasteiger partial charge is 0.337 e. The topological polar surface area (TPSA) is 199 Å². The van der Waals surface area contributed by atoms with E-state index in [-0.39, 0.29) is 5.91 Å². The molecule has 0 aliphatic rings. The molecule has 0 radical (unpaired) electrons. The van der Waals surface area contributed by atoms with Gasteiger partial charge in [-0.2, -0.15) is 10.2 Å². The number of hydrogen-bond acceptors (Lipinski definition) is 10. The van der Waals surface area contributed by atoms with Gasteiger partial charge in [-0.15, -0.1) is 0 Å². The minimum Gasteiger partial charge on any atom is -0.465 e. The monoisotopic (exact) mass is 749 g/mol. The standard InChI is InChI=1S/C39H47N11O5/c1-6-49-34(29(25(3)46-49)12-8-7-9-19-50-28(23-51)20-24(2)45-50)36(53)44-39-43-30-21-26(35(40)52)13-15-33(30)48(39)18-11-10-17-47-32-16-14-27(37(54)55-5)22-31(32)42-38(47)41-4/h13-16,20-23H,6-12,17-19H2,1-5H3,(H2,40,52)(H,41,42)(H,43,44,53). The van der Waals surface area contributed by atoms with Gasteiger partial charge in [0.1, 0.15) is 11.4 Å². The SMILES string of the molecule is CCn1nc(C)c(CCCCCn2nc(C)cc2C=O)c1C(=O)Nc1nc2cc(C(N)=O)ccc2n1CCCCn1c(NC)nc2cc(C(=O)OC)ccc21. The van der Waals surface area contributed by atoms with Gasteiger partial charge in [0.15, 0.2) is 6.29 Å². The summed E-state index contributed by atoms with van der Waals surface area (Å²) in [5.74, 6) is -0.273. The lowest BCUT2D eigenvalue weighted by atomic mass is 10.0. The number of amides is 2. The number of aromatic nitrogens is 8. The number of esters is 1. The zero-order chi connectivity index (χ0) is 39.2. The molecule has 0 bridgehead atoms. The second-order valence-corrected chi connectivity index (χ2v) is 13.4. The number of aryl methyl sites for hydroxylation is 6. The average molecular weight is 750 g/mol. The zero-order valence-corrected chi connectivity index (χ0v) is 31.9. The first-order chi connectivity index (χ1) is 26.6. The normalized spacial score (nSPS) is 11.4. The molecule has 0 aliphatic carbocycles. The number of nitrogens with two attached hydrogens (primary N) is 1. The van der Waals surface area contributed by atoms with Crippen molar-refractivity contribution < 1.29 is 23.9 Å². The maximum Gasteiger partial charge on any atom is 0.337 e. The van der Waals surface area contributed by atoms with Crippen LogP contribution in [0.25, 0.3) is 22.1 Å². The number of benzene rings is 2. The Balaban J connectivity index is 1.19. The first-order valence-electron chi connectivity index (χ1n) is 18.5. The second kappa shape index (κ2) is 16.8. The van der Waals surface area contributed by atoms with Crippen LogP contribution in [0.1, 0.15) is 97.7 Å². The van der Waals surface area contributed by atoms with Crippen LogP contribution < -0.4 is 16.4 Å². The van der Waals surface area contributed by atoms with Crippen molar-refractivity contribution in [2.45, 2.75) is 85.5 Å². The van der Waals surface area contributed by atoms with Gasteiger partial charge in [0.05, 0.1) is 46.1 Å². The Kier molecular flexibility index (Phi) is 11.7. The summed E-state index contributed by atoms with van der Waals surface area (Å²) in [5.41, 5.74) is 12.8. The summed E-state index contributed by atoms with van der Waals surface area (Å²) in [6.07, 6.45) is 5.51. The van der Waals surface area contributed by atoms with Crippen molar-refractivity contribution >= 4 is 58.0 Å². The van der Waals surface area contributed by atoms with Crippen molar-refractivity contribution in [2.75, 3.05) is 24.8 Å². The molecule has 6 aromatic rings. The quantitative estimate of drug-likeness (QED) is 0.0589. The molecule has 16 heteroatoms. The van der Waals surface area contributed by atoms with E-state index in [1.165, 1.54) is 7.11 Å². The Labute approximate surface area is 318 Å². The molecule has 0 unspecified atom stereocenters. The van der Waals surface area contributed by atoms with E-state index in [1.54, 1.807) is 52.8 Å². The highest BCUT2D eigenvalue weighted by Gasteiger charge is 2.24. The van der Waals surface area contributed by atoms with Gasteiger partial charge in [0, 0.05) is 44.4 Å². The maximum absolute atomic E-state index is 14.2. The Bertz CT molecular complexity index is 2380. The number of carbonyl (C=O) groups excluding carboxylic acids is 4. The molecular weight excluding hydrogens is 703 g/mol. The van der Waals surface area contributed by atoms with E-state index in [4.69, 9.17) is 15.5 Å². The largest absolute Gasteiger partial charge is 0.465 e. The van der Waals surface area contributed by atoms with Crippen molar-refractivity contribution in [3.05, 3.63) is 81.9 Å². The highest BCUT2D eigenvalue weighted by atomic mass is 16.5. The van der Waals surface area contributed by atoms with Crippen LogP contribution >= 0.6 is 0 Å². The third-order valence-electron chi connectivity index (χ3n) is 9.78. The number of rotatable bonds is 18. The Morgan fingerprint density at radius 2 is 1.45 bits per heavy atom. The first-order valence-corrected chi connectivity index (χ1v) is 18.5. The molecule has 0 atom stereocenters. The van der Waals surface area contributed by atoms with Crippen molar-refractivity contribution in [2.24, 2.45) is 5.73 Å². The molecule has 0 spiro atoms. The molecule has 16 nitrogen and oxygen atoms in total. The van der Waals surface area contributed by atoms with E-state index in [0.717, 1.165) is 66.4 Å². The van der Waals surface area contributed by atoms with Crippen molar-refractivity contribution in [3.8, 4) is 0 Å². The molecule has 0 aliphatic heterocycles. The molecule has 4 heterocycles. The fourth-order valence-electron chi connectivity index (χ4n) is 7.08. The third kappa shape index (κ3) is 8.12. The summed E-state index contributed by atoms with van der Waals surface area (Å²) in [6.45, 7) is 8.06. The number of primary amides is 1. The van der Waals surface area contributed by atoms with Gasteiger partial charge >= 0.3 is 5.97 Å². The van der Waals surface area contributed by atoms with Crippen molar-refractivity contribution in [3.63, 3.8) is 0 Å². The summed E-state index contributed by atoms with van der Waals surface area (Å²) in [7, 11) is 3.15. The van der Waals surface area contributed by atoms with E-state index < -0.39 is 11.9 Å². The molecule has 6 rings (SSSR count). The fourth-order valence-corrected chi connectivity index (χ4v) is 7.08. The van der Waals surface area contributed by atoms with Gasteiger partial charge in [-0.1, -0.05) is 6.42 Å². The number of nitrogens with zero attached hydrogens (tertiary/aromatic N) is 8. The van der Waals surface area contributed by atoms with Gasteiger partial charge in [-0.05, 0) is 95.3 Å². The van der Waals surface area contributed by atoms with E-state index in [1.807, 2.05) is 31.4 Å². The summed E-state index contributed by atoms with van der Waals surface area (Å²) in [6, 6.07) is 12.2. The first kappa shape index (κ1) is 38.4. The van der Waals surface area contributed by atoms with Gasteiger partial charge < -0.3 is 24.9 Å². The molecule has 4 aromatic heterocycles. The lowest BCUT2D eigenvalue weighted by Crippen LogP contribution is -2.21. The molecule has 0 fully saturated rings. The number of nitrogens with one attached hydrogen (secondary N) is 2. The van der Waals surface area contributed by atoms with E-state index in [0.29, 0.717) is 78.0 Å². The number of unbranched alkanes of at least 4 members (excludes halogenated alkanes) is 3. The Hall–Kier alpha value is -6.32. The summed E-state index contributed by atoms with van der Waals surface area (Å²) in [4.78, 5) is 59.1. The van der Waals surface area contributed by atoms with Gasteiger partial charge in [0.2, 0.25) is 17.8 Å². The summed E-state index contributed by atoms with van der Waals surface area (Å²) < 4.78 is 12.4.